The van der Waals surface area contributed by atoms with Crippen LogP contribution in [0.5, 0.6) is 0 Å². The van der Waals surface area contributed by atoms with Gasteiger partial charge in [-0.05, 0) is 47.1 Å². The number of hydrogen-bond donors (Lipinski definition) is 1. The Balaban J connectivity index is 4.74. The number of nitrogens with one attached hydrogen (secondary N) is 1. The van der Waals surface area contributed by atoms with Crippen molar-refractivity contribution in [1.82, 2.24) is 9.62 Å². The summed E-state index contributed by atoms with van der Waals surface area (Å²) < 4.78 is 41.6. The molecule has 0 saturated carbocycles. The number of carbonyl (C=O) groups excluding carboxylic acids is 1. The number of allylic oxidation sites excluding steroid dienone is 1. The van der Waals surface area contributed by atoms with Gasteiger partial charge in [0.1, 0.15) is 12.7 Å². The van der Waals surface area contributed by atoms with Crippen LogP contribution in [-0.4, -0.2) is 69.2 Å². The van der Waals surface area contributed by atoms with Gasteiger partial charge < -0.3 is 14.2 Å². The third kappa shape index (κ3) is 13.1. The van der Waals surface area contributed by atoms with E-state index in [0.29, 0.717) is 18.8 Å². The molecule has 8 nitrogen and oxygen atoms in total. The summed E-state index contributed by atoms with van der Waals surface area (Å²) in [7, 11) is -3.36. The zero-order valence-electron chi connectivity index (χ0n) is 18.6. The molecule has 0 aromatic rings. The summed E-state index contributed by atoms with van der Waals surface area (Å²) in [4.78, 5) is 12.0. The van der Waals surface area contributed by atoms with Crippen LogP contribution >= 0.6 is 0 Å². The molecule has 0 saturated heterocycles. The number of carbonyl (C=O) groups is 1. The van der Waals surface area contributed by atoms with E-state index in [4.69, 9.17) is 14.2 Å². The molecule has 0 aliphatic heterocycles. The maximum Gasteiger partial charge on any atom is 0.411 e. The summed E-state index contributed by atoms with van der Waals surface area (Å²) in [5.41, 5.74) is 0.350. The van der Waals surface area contributed by atoms with E-state index in [-0.39, 0.29) is 24.9 Å². The second kappa shape index (κ2) is 12.4. The maximum atomic E-state index is 12.0. The van der Waals surface area contributed by atoms with Gasteiger partial charge in [0.15, 0.2) is 0 Å². The first-order valence-electron chi connectivity index (χ1n) is 9.63. The van der Waals surface area contributed by atoms with E-state index < -0.39 is 22.2 Å². The van der Waals surface area contributed by atoms with Gasteiger partial charge in [-0.15, -0.1) is 0 Å². The number of amides is 1. The van der Waals surface area contributed by atoms with Crippen LogP contribution < -0.4 is 5.32 Å². The molecule has 0 aromatic carbocycles. The molecule has 0 radical (unpaired) electrons. The van der Waals surface area contributed by atoms with Crippen molar-refractivity contribution >= 4 is 16.1 Å². The smallest absolute Gasteiger partial charge is 0.411 e. The summed E-state index contributed by atoms with van der Waals surface area (Å²) in [6.45, 7) is 14.0. The van der Waals surface area contributed by atoms with Crippen LogP contribution in [0.3, 0.4) is 0 Å². The lowest BCUT2D eigenvalue weighted by Gasteiger charge is -2.27. The van der Waals surface area contributed by atoms with E-state index in [1.54, 1.807) is 19.9 Å². The first kappa shape index (κ1) is 26.8. The van der Waals surface area contributed by atoms with E-state index in [0.717, 1.165) is 12.7 Å². The molecule has 9 heteroatoms. The summed E-state index contributed by atoms with van der Waals surface area (Å²) in [5, 5.41) is 2.62. The Labute approximate surface area is 170 Å². The molecule has 0 bridgehead atoms. The van der Waals surface area contributed by atoms with Crippen molar-refractivity contribution in [2.24, 2.45) is 0 Å². The third-order valence-corrected chi connectivity index (χ3v) is 5.18. The molecule has 0 unspecified atom stereocenters. The molecular weight excluding hydrogens is 384 g/mol. The van der Waals surface area contributed by atoms with Gasteiger partial charge in [-0.3, -0.25) is 5.32 Å². The number of hydrogen-bond acceptors (Lipinski definition) is 6. The predicted octanol–water partition coefficient (Wildman–Crippen LogP) is 2.90. The number of nitrogens with zero attached hydrogens (tertiary/aromatic N) is 1. The van der Waals surface area contributed by atoms with Crippen molar-refractivity contribution in [2.45, 2.75) is 72.7 Å². The number of ether oxygens (including phenoxy) is 3. The first-order valence-corrected chi connectivity index (χ1v) is 11.5. The van der Waals surface area contributed by atoms with Gasteiger partial charge in [0.2, 0.25) is 10.0 Å². The van der Waals surface area contributed by atoms with E-state index in [9.17, 15) is 13.2 Å². The standard InChI is InChI=1S/C19H38N2O6S/c1-9-16(4)27-17(13-21(10-2)28(8,23)24)14-25-18(22)20-15(3)11-12-26-19(5,6)7/h11,16-17H,9-10,12-14H2,1-8H3,(H,20,22)/b15-11+/t16-,17-/m0/s1. The minimum Gasteiger partial charge on any atom is -0.446 e. The molecular formula is C19H38N2O6S. The Bertz CT molecular complexity index is 598. The average Bonchev–Trinajstić information content (AvgIpc) is 2.54. The SMILES string of the molecule is CC[C@H](C)O[C@H](COC(=O)N/C(C)=C/COC(C)(C)C)CN(CC)S(C)(=O)=O. The molecule has 1 amide bonds. The fourth-order valence-corrected chi connectivity index (χ4v) is 3.03. The van der Waals surface area contributed by atoms with Crippen LogP contribution in [0.25, 0.3) is 0 Å². The van der Waals surface area contributed by atoms with Crippen molar-refractivity contribution in [3.63, 3.8) is 0 Å². The van der Waals surface area contributed by atoms with Crippen LogP contribution in [-0.2, 0) is 24.2 Å². The molecule has 2 atom stereocenters. The topological polar surface area (TPSA) is 94.2 Å². The van der Waals surface area contributed by atoms with Gasteiger partial charge in [-0.1, -0.05) is 13.8 Å². The summed E-state index contributed by atoms with van der Waals surface area (Å²) in [6.07, 6.45) is 2.42. The van der Waals surface area contributed by atoms with Crippen LogP contribution in [0.4, 0.5) is 4.79 Å². The van der Waals surface area contributed by atoms with Gasteiger partial charge in [0.05, 0.1) is 24.6 Å². The molecule has 1 N–H and O–H groups in total. The number of alkyl carbamates (subject to hydrolysis) is 1. The highest BCUT2D eigenvalue weighted by molar-refractivity contribution is 7.88. The summed E-state index contributed by atoms with van der Waals surface area (Å²) >= 11 is 0. The fourth-order valence-electron chi connectivity index (χ4n) is 2.12. The average molecular weight is 423 g/mol. The molecule has 0 aliphatic carbocycles. The molecule has 28 heavy (non-hydrogen) atoms. The third-order valence-electron chi connectivity index (χ3n) is 3.83. The monoisotopic (exact) mass is 422 g/mol. The highest BCUT2D eigenvalue weighted by Crippen LogP contribution is 2.09. The normalized spacial score (nSPS) is 15.4. The Morgan fingerprint density at radius 2 is 1.86 bits per heavy atom. The van der Waals surface area contributed by atoms with E-state index in [2.05, 4.69) is 5.32 Å². The number of sulfonamides is 1. The lowest BCUT2D eigenvalue weighted by Crippen LogP contribution is -2.42. The van der Waals surface area contributed by atoms with E-state index in [1.807, 2.05) is 34.6 Å². The van der Waals surface area contributed by atoms with Gasteiger partial charge >= 0.3 is 6.09 Å². The minimum absolute atomic E-state index is 0.0477. The Morgan fingerprint density at radius 1 is 1.25 bits per heavy atom. The predicted molar refractivity (Wildman–Crippen MR) is 111 cm³/mol. The van der Waals surface area contributed by atoms with Crippen molar-refractivity contribution in [2.75, 3.05) is 32.6 Å². The largest absolute Gasteiger partial charge is 0.446 e. The number of rotatable bonds is 12. The van der Waals surface area contributed by atoms with E-state index in [1.165, 1.54) is 4.31 Å². The van der Waals surface area contributed by atoms with Gasteiger partial charge in [0.25, 0.3) is 0 Å². The van der Waals surface area contributed by atoms with Crippen LogP contribution in [0, 0.1) is 0 Å². The van der Waals surface area contributed by atoms with Gasteiger partial charge in [-0.25, -0.2) is 13.2 Å². The van der Waals surface area contributed by atoms with Crippen LogP contribution in [0.2, 0.25) is 0 Å². The first-order chi connectivity index (χ1) is 12.8. The zero-order chi connectivity index (χ0) is 22.0. The lowest BCUT2D eigenvalue weighted by atomic mass is 10.2. The molecule has 166 valence electrons. The molecule has 0 aromatic heterocycles. The lowest BCUT2D eigenvalue weighted by molar-refractivity contribution is -0.0418. The minimum atomic E-state index is -3.36. The van der Waals surface area contributed by atoms with Crippen molar-refractivity contribution < 1.29 is 27.4 Å². The van der Waals surface area contributed by atoms with Crippen LogP contribution in [0.1, 0.15) is 54.9 Å². The quantitative estimate of drug-likeness (QED) is 0.520. The highest BCUT2D eigenvalue weighted by Gasteiger charge is 2.23. The molecule has 0 rings (SSSR count). The van der Waals surface area contributed by atoms with Crippen LogP contribution in [0.15, 0.2) is 11.8 Å². The van der Waals surface area contributed by atoms with E-state index >= 15 is 0 Å². The molecule has 0 heterocycles. The molecule has 0 spiro atoms. The molecule has 0 aliphatic rings. The second-order valence-corrected chi connectivity index (χ2v) is 9.71. The van der Waals surface area contributed by atoms with Crippen molar-refractivity contribution in [3.05, 3.63) is 11.8 Å². The number of likely N-dealkylation sites (N-methyl/N-ethyl adjacent to an activating group) is 1. The Kier molecular flexibility index (Phi) is 11.9. The summed E-state index contributed by atoms with van der Waals surface area (Å²) in [5.74, 6) is 0. The Hall–Kier alpha value is -1.16. The van der Waals surface area contributed by atoms with Gasteiger partial charge in [-0.2, -0.15) is 4.31 Å². The Morgan fingerprint density at radius 3 is 2.32 bits per heavy atom. The summed E-state index contributed by atoms with van der Waals surface area (Å²) in [6, 6.07) is 0. The maximum absolute atomic E-state index is 12.0. The van der Waals surface area contributed by atoms with Crippen molar-refractivity contribution in [3.8, 4) is 0 Å². The van der Waals surface area contributed by atoms with Gasteiger partial charge in [0, 0.05) is 18.8 Å². The van der Waals surface area contributed by atoms with Crippen molar-refractivity contribution in [1.29, 1.82) is 0 Å². The highest BCUT2D eigenvalue weighted by atomic mass is 32.2. The molecule has 0 fully saturated rings. The second-order valence-electron chi connectivity index (χ2n) is 7.72. The zero-order valence-corrected chi connectivity index (χ0v) is 19.4. The fraction of sp³-hybridized carbons (Fsp3) is 0.842.